The average Bonchev–Trinajstić information content (AvgIpc) is 2.34. The molecule has 3 heteroatoms. The van der Waals surface area contributed by atoms with Crippen molar-refractivity contribution in [3.05, 3.63) is 48.1 Å². The maximum atomic E-state index is 9.59. The molecule has 17 heavy (non-hydrogen) atoms. The van der Waals surface area contributed by atoms with Gasteiger partial charge in [-0.1, -0.05) is 42.5 Å². The first-order chi connectivity index (χ1) is 8.01. The topological polar surface area (TPSA) is 52.3 Å². The highest BCUT2D eigenvalue weighted by molar-refractivity contribution is 5.65. The number of nitrogens with two attached hydrogens (primary N) is 1. The molecule has 0 bridgehead atoms. The molecule has 0 aliphatic heterocycles. The van der Waals surface area contributed by atoms with Crippen LogP contribution in [0.5, 0.6) is 0 Å². The van der Waals surface area contributed by atoms with Crippen molar-refractivity contribution in [3.8, 4) is 0 Å². The quantitative estimate of drug-likeness (QED) is 0.604. The van der Waals surface area contributed by atoms with Gasteiger partial charge in [0.2, 0.25) is 0 Å². The normalized spacial score (nSPS) is 11.8. The van der Waals surface area contributed by atoms with Crippen molar-refractivity contribution in [3.63, 3.8) is 0 Å². The first-order valence-electron chi connectivity index (χ1n) is 5.39. The SMILES string of the molecule is C=CC(/C=C/C)=C\C=C(/C)CN.COC(C)=O. The lowest BCUT2D eigenvalue weighted by Gasteiger charge is -1.92. The smallest absolute Gasteiger partial charge is 0.302 e. The lowest BCUT2D eigenvalue weighted by Crippen LogP contribution is -1.98. The monoisotopic (exact) mass is 237 g/mol. The van der Waals surface area contributed by atoms with Gasteiger partial charge in [-0.3, -0.25) is 4.79 Å². The predicted molar refractivity (Wildman–Crippen MR) is 73.6 cm³/mol. The van der Waals surface area contributed by atoms with Crippen LogP contribution in [-0.2, 0) is 9.53 Å². The Morgan fingerprint density at radius 3 is 2.18 bits per heavy atom. The summed E-state index contributed by atoms with van der Waals surface area (Å²) in [5.74, 6) is -0.245. The molecule has 0 unspecified atom stereocenters. The van der Waals surface area contributed by atoms with E-state index in [9.17, 15) is 4.79 Å². The van der Waals surface area contributed by atoms with Crippen molar-refractivity contribution < 1.29 is 9.53 Å². The van der Waals surface area contributed by atoms with Crippen LogP contribution in [0.25, 0.3) is 0 Å². The summed E-state index contributed by atoms with van der Waals surface area (Å²) in [5.41, 5.74) is 7.70. The fourth-order valence-electron chi connectivity index (χ4n) is 0.691. The number of hydrogen-bond acceptors (Lipinski definition) is 3. The number of carbonyl (C=O) groups is 1. The zero-order chi connectivity index (χ0) is 13.7. The molecule has 0 atom stereocenters. The molecule has 3 nitrogen and oxygen atoms in total. The molecule has 2 N–H and O–H groups in total. The minimum atomic E-state index is -0.245. The predicted octanol–water partition coefficient (Wildman–Crippen LogP) is 2.76. The molecule has 0 saturated heterocycles. The molecule has 96 valence electrons. The molecule has 0 radical (unpaired) electrons. The Hall–Kier alpha value is -1.61. The van der Waals surface area contributed by atoms with Crippen LogP contribution in [-0.4, -0.2) is 19.6 Å². The number of rotatable bonds is 4. The summed E-state index contributed by atoms with van der Waals surface area (Å²) < 4.78 is 4.11. The summed E-state index contributed by atoms with van der Waals surface area (Å²) in [4.78, 5) is 9.59. The lowest BCUT2D eigenvalue weighted by atomic mass is 10.2. The maximum Gasteiger partial charge on any atom is 0.302 e. The standard InChI is InChI=1S/C11H17N.C3H6O2/c1-4-6-11(5-2)8-7-10(3)9-12;1-3(4)5-2/h4-8H,2,9,12H2,1,3H3;1-2H3/b6-4+,10-7+,11-8+;. The number of methoxy groups -OCH3 is 1. The molecule has 0 fully saturated rings. The van der Waals surface area contributed by atoms with Crippen molar-refractivity contribution in [2.45, 2.75) is 20.8 Å². The molecule has 0 amide bonds. The van der Waals surface area contributed by atoms with Crippen LogP contribution < -0.4 is 5.73 Å². The summed E-state index contributed by atoms with van der Waals surface area (Å²) in [6.45, 7) is 9.66. The van der Waals surface area contributed by atoms with Crippen molar-refractivity contribution >= 4 is 5.97 Å². The van der Waals surface area contributed by atoms with Gasteiger partial charge in [-0.25, -0.2) is 0 Å². The summed E-state index contributed by atoms with van der Waals surface area (Å²) >= 11 is 0. The van der Waals surface area contributed by atoms with Crippen LogP contribution in [0, 0.1) is 0 Å². The molecule has 0 aromatic heterocycles. The molecular weight excluding hydrogens is 214 g/mol. The molecule has 0 aliphatic carbocycles. The third kappa shape index (κ3) is 14.4. The van der Waals surface area contributed by atoms with E-state index < -0.39 is 0 Å². The number of hydrogen-bond donors (Lipinski definition) is 1. The molecule has 0 spiro atoms. The van der Waals surface area contributed by atoms with E-state index in [4.69, 9.17) is 5.73 Å². The summed E-state index contributed by atoms with van der Waals surface area (Å²) in [7, 11) is 1.35. The van der Waals surface area contributed by atoms with E-state index in [1.807, 2.05) is 44.2 Å². The Balaban J connectivity index is 0. The van der Waals surface area contributed by atoms with Crippen LogP contribution in [0.1, 0.15) is 20.8 Å². The van der Waals surface area contributed by atoms with E-state index in [2.05, 4.69) is 11.3 Å². The van der Waals surface area contributed by atoms with Gasteiger partial charge in [0.05, 0.1) is 7.11 Å². The molecule has 0 aromatic rings. The Labute approximate surface area is 104 Å². The third-order valence-corrected chi connectivity index (χ3v) is 1.76. The van der Waals surface area contributed by atoms with E-state index in [-0.39, 0.29) is 5.97 Å². The number of allylic oxidation sites excluding steroid dienone is 6. The van der Waals surface area contributed by atoms with Crippen LogP contribution in [0.2, 0.25) is 0 Å². The van der Waals surface area contributed by atoms with Gasteiger partial charge in [0.15, 0.2) is 0 Å². The van der Waals surface area contributed by atoms with Gasteiger partial charge in [-0.15, -0.1) is 0 Å². The van der Waals surface area contributed by atoms with Gasteiger partial charge in [0.25, 0.3) is 0 Å². The van der Waals surface area contributed by atoms with Crippen molar-refractivity contribution in [1.82, 2.24) is 0 Å². The number of carbonyl (C=O) groups excluding carboxylic acids is 1. The maximum absolute atomic E-state index is 9.59. The highest BCUT2D eigenvalue weighted by Crippen LogP contribution is 2.00. The van der Waals surface area contributed by atoms with Crippen LogP contribution in [0.4, 0.5) is 0 Å². The average molecular weight is 237 g/mol. The van der Waals surface area contributed by atoms with E-state index in [1.165, 1.54) is 19.6 Å². The zero-order valence-electron chi connectivity index (χ0n) is 11.2. The van der Waals surface area contributed by atoms with Crippen LogP contribution in [0.3, 0.4) is 0 Å². The molecular formula is C14H23NO2. The lowest BCUT2D eigenvalue weighted by molar-refractivity contribution is -0.137. The van der Waals surface area contributed by atoms with E-state index in [0.29, 0.717) is 6.54 Å². The second-order valence-corrected chi connectivity index (χ2v) is 3.28. The second kappa shape index (κ2) is 12.5. The Morgan fingerprint density at radius 1 is 1.35 bits per heavy atom. The summed E-state index contributed by atoms with van der Waals surface area (Å²) in [5, 5.41) is 0. The molecule has 0 rings (SSSR count). The van der Waals surface area contributed by atoms with E-state index >= 15 is 0 Å². The van der Waals surface area contributed by atoms with Gasteiger partial charge >= 0.3 is 5.97 Å². The zero-order valence-corrected chi connectivity index (χ0v) is 11.2. The van der Waals surface area contributed by atoms with Gasteiger partial charge in [0.1, 0.15) is 0 Å². The fourth-order valence-corrected chi connectivity index (χ4v) is 0.691. The molecule has 0 aromatic carbocycles. The Kier molecular flexibility index (Phi) is 13.0. The summed E-state index contributed by atoms with van der Waals surface area (Å²) in [6.07, 6.45) is 9.83. The Morgan fingerprint density at radius 2 is 1.88 bits per heavy atom. The highest BCUT2D eigenvalue weighted by atomic mass is 16.5. The largest absolute Gasteiger partial charge is 0.469 e. The van der Waals surface area contributed by atoms with Crippen molar-refractivity contribution in [2.75, 3.05) is 13.7 Å². The van der Waals surface area contributed by atoms with E-state index in [0.717, 1.165) is 5.57 Å². The third-order valence-electron chi connectivity index (χ3n) is 1.76. The number of esters is 1. The first kappa shape index (κ1) is 17.8. The second-order valence-electron chi connectivity index (χ2n) is 3.28. The van der Waals surface area contributed by atoms with Crippen molar-refractivity contribution in [1.29, 1.82) is 0 Å². The molecule has 0 aliphatic rings. The molecule has 0 saturated carbocycles. The fraction of sp³-hybridized carbons (Fsp3) is 0.357. The van der Waals surface area contributed by atoms with Gasteiger partial charge < -0.3 is 10.5 Å². The van der Waals surface area contributed by atoms with E-state index in [1.54, 1.807) is 0 Å². The Bertz CT molecular complexity index is 312. The first-order valence-corrected chi connectivity index (χ1v) is 5.39. The highest BCUT2D eigenvalue weighted by Gasteiger charge is 1.82. The number of ether oxygens (including phenoxy) is 1. The van der Waals surface area contributed by atoms with Gasteiger partial charge in [-0.05, 0) is 19.4 Å². The minimum absolute atomic E-state index is 0.245. The van der Waals surface area contributed by atoms with Crippen LogP contribution in [0.15, 0.2) is 48.1 Å². The van der Waals surface area contributed by atoms with Gasteiger partial charge in [-0.2, -0.15) is 0 Å². The molecule has 0 heterocycles. The van der Waals surface area contributed by atoms with Gasteiger partial charge in [0, 0.05) is 13.5 Å². The summed E-state index contributed by atoms with van der Waals surface area (Å²) in [6, 6.07) is 0. The van der Waals surface area contributed by atoms with Crippen molar-refractivity contribution in [2.24, 2.45) is 5.73 Å². The minimum Gasteiger partial charge on any atom is -0.469 e. The van der Waals surface area contributed by atoms with Crippen LogP contribution >= 0.6 is 0 Å².